The maximum Gasteiger partial charge on any atom is 0.417 e. The standard InChI is InChI=1S/C16H18ClF3N4O3S3/c1-8(2)28-15-23-22-14(29-15)21-13(25)9(3)24(30(4,26)27)10-5-6-12(17)11(7-10)16(18,19)20/h5-9H,1-4H3,(H,21,22,25)/t9-/m1/s1. The first-order valence-corrected chi connectivity index (χ1v) is 12.3. The number of hydrogen-bond donors (Lipinski definition) is 1. The summed E-state index contributed by atoms with van der Waals surface area (Å²) in [5, 5.41) is 10.0. The summed E-state index contributed by atoms with van der Waals surface area (Å²) in [4.78, 5) is 12.6. The number of thioether (sulfide) groups is 1. The molecule has 0 spiro atoms. The van der Waals surface area contributed by atoms with Gasteiger partial charge in [-0.3, -0.25) is 14.4 Å². The Labute approximate surface area is 185 Å². The van der Waals surface area contributed by atoms with E-state index in [2.05, 4.69) is 15.5 Å². The molecule has 0 aliphatic carbocycles. The van der Waals surface area contributed by atoms with Crippen molar-refractivity contribution in [2.75, 3.05) is 15.9 Å². The van der Waals surface area contributed by atoms with Crippen molar-refractivity contribution in [2.24, 2.45) is 0 Å². The molecule has 2 rings (SSSR count). The summed E-state index contributed by atoms with van der Waals surface area (Å²) in [5.74, 6) is -0.777. The van der Waals surface area contributed by atoms with Gasteiger partial charge in [-0.2, -0.15) is 13.2 Å². The Kier molecular flexibility index (Phi) is 7.64. The Morgan fingerprint density at radius 2 is 1.90 bits per heavy atom. The first kappa shape index (κ1) is 24.7. The number of alkyl halides is 3. The highest BCUT2D eigenvalue weighted by atomic mass is 35.5. The Morgan fingerprint density at radius 3 is 2.43 bits per heavy atom. The third kappa shape index (κ3) is 6.22. The lowest BCUT2D eigenvalue weighted by Gasteiger charge is -2.28. The van der Waals surface area contributed by atoms with Gasteiger partial charge in [-0.1, -0.05) is 48.5 Å². The smallest absolute Gasteiger partial charge is 0.299 e. The van der Waals surface area contributed by atoms with Crippen molar-refractivity contribution in [3.8, 4) is 0 Å². The van der Waals surface area contributed by atoms with Gasteiger partial charge in [0.1, 0.15) is 6.04 Å². The maximum absolute atomic E-state index is 13.2. The van der Waals surface area contributed by atoms with Gasteiger partial charge in [0.25, 0.3) is 0 Å². The highest BCUT2D eigenvalue weighted by molar-refractivity contribution is 8.01. The average Bonchev–Trinajstić information content (AvgIpc) is 3.00. The summed E-state index contributed by atoms with van der Waals surface area (Å²) in [7, 11) is -4.11. The number of anilines is 2. The van der Waals surface area contributed by atoms with Gasteiger partial charge in [0.15, 0.2) is 4.34 Å². The van der Waals surface area contributed by atoms with Gasteiger partial charge in [-0.05, 0) is 25.1 Å². The molecule has 0 saturated heterocycles. The zero-order chi connectivity index (χ0) is 22.9. The highest BCUT2D eigenvalue weighted by Gasteiger charge is 2.36. The lowest BCUT2D eigenvalue weighted by molar-refractivity contribution is -0.137. The third-order valence-electron chi connectivity index (χ3n) is 3.57. The zero-order valence-electron chi connectivity index (χ0n) is 16.2. The number of nitrogens with zero attached hydrogens (tertiary/aromatic N) is 3. The quantitative estimate of drug-likeness (QED) is 0.442. The molecule has 166 valence electrons. The third-order valence-corrected chi connectivity index (χ3v) is 7.07. The molecule has 0 aliphatic heterocycles. The topological polar surface area (TPSA) is 92.3 Å². The number of sulfonamides is 1. The number of halogens is 4. The minimum atomic E-state index is -4.79. The lowest BCUT2D eigenvalue weighted by atomic mass is 10.1. The number of carbonyl (C=O) groups excluding carboxylic acids is 1. The molecule has 1 aromatic heterocycles. The number of amides is 1. The SMILES string of the molecule is CC(C)Sc1nnc(NC(=O)[C@@H](C)N(c2ccc(Cl)c(C(F)(F)F)c2)S(C)(=O)=O)s1. The lowest BCUT2D eigenvalue weighted by Crippen LogP contribution is -2.45. The van der Waals surface area contributed by atoms with Crippen LogP contribution in [0, 0.1) is 0 Å². The van der Waals surface area contributed by atoms with Gasteiger partial charge >= 0.3 is 6.18 Å². The molecule has 1 heterocycles. The molecule has 2 aromatic rings. The first-order valence-electron chi connectivity index (χ1n) is 8.37. The van der Waals surface area contributed by atoms with Crippen LogP contribution in [0.4, 0.5) is 24.0 Å². The normalized spacial score (nSPS) is 13.4. The highest BCUT2D eigenvalue weighted by Crippen LogP contribution is 2.38. The van der Waals surface area contributed by atoms with Crippen molar-refractivity contribution >= 4 is 61.4 Å². The Morgan fingerprint density at radius 1 is 1.27 bits per heavy atom. The van der Waals surface area contributed by atoms with Gasteiger partial charge in [0.2, 0.25) is 21.1 Å². The van der Waals surface area contributed by atoms with E-state index in [0.717, 1.165) is 29.7 Å². The van der Waals surface area contributed by atoms with Crippen LogP contribution in [0.1, 0.15) is 26.3 Å². The van der Waals surface area contributed by atoms with Gasteiger partial charge in [0.05, 0.1) is 22.5 Å². The van der Waals surface area contributed by atoms with Gasteiger partial charge < -0.3 is 0 Å². The fraction of sp³-hybridized carbons (Fsp3) is 0.438. The van der Waals surface area contributed by atoms with E-state index in [1.807, 2.05) is 13.8 Å². The fourth-order valence-corrected chi connectivity index (χ4v) is 5.77. The molecule has 14 heteroatoms. The van der Waals surface area contributed by atoms with Crippen molar-refractivity contribution in [1.82, 2.24) is 10.2 Å². The van der Waals surface area contributed by atoms with E-state index in [1.54, 1.807) is 0 Å². The number of hydrogen-bond acceptors (Lipinski definition) is 7. The predicted molar refractivity (Wildman–Crippen MR) is 113 cm³/mol. The number of rotatable bonds is 7. The zero-order valence-corrected chi connectivity index (χ0v) is 19.4. The van der Waals surface area contributed by atoms with Crippen LogP contribution in [-0.2, 0) is 21.0 Å². The average molecular weight is 503 g/mol. The van der Waals surface area contributed by atoms with Crippen molar-refractivity contribution in [1.29, 1.82) is 0 Å². The molecule has 1 amide bonds. The molecule has 30 heavy (non-hydrogen) atoms. The molecule has 0 saturated carbocycles. The predicted octanol–water partition coefficient (Wildman–Crippen LogP) is 4.50. The molecular weight excluding hydrogens is 485 g/mol. The van der Waals surface area contributed by atoms with Crippen LogP contribution in [0.15, 0.2) is 22.5 Å². The maximum atomic E-state index is 13.2. The van der Waals surface area contributed by atoms with Crippen LogP contribution in [-0.4, -0.2) is 42.1 Å². The number of benzene rings is 1. The van der Waals surface area contributed by atoms with Crippen molar-refractivity contribution < 1.29 is 26.4 Å². The number of carbonyl (C=O) groups is 1. The van der Waals surface area contributed by atoms with Crippen LogP contribution >= 0.6 is 34.7 Å². The van der Waals surface area contributed by atoms with Crippen molar-refractivity contribution in [3.05, 3.63) is 28.8 Å². The number of aromatic nitrogens is 2. The van der Waals surface area contributed by atoms with Crippen LogP contribution < -0.4 is 9.62 Å². The van der Waals surface area contributed by atoms with Crippen LogP contribution in [0.25, 0.3) is 0 Å². The molecule has 0 unspecified atom stereocenters. The van der Waals surface area contributed by atoms with E-state index in [9.17, 15) is 26.4 Å². The second-order valence-corrected chi connectivity index (χ2v) is 11.5. The minimum absolute atomic E-state index is 0.149. The number of nitrogens with one attached hydrogen (secondary N) is 1. The minimum Gasteiger partial charge on any atom is -0.299 e. The summed E-state index contributed by atoms with van der Waals surface area (Å²) in [6.45, 7) is 5.17. The van der Waals surface area contributed by atoms with E-state index >= 15 is 0 Å². The molecule has 7 nitrogen and oxygen atoms in total. The second-order valence-electron chi connectivity index (χ2n) is 6.43. The molecular formula is C16H18ClF3N4O3S3. The Hall–Kier alpha value is -1.57. The summed E-state index contributed by atoms with van der Waals surface area (Å²) < 4.78 is 65.4. The summed E-state index contributed by atoms with van der Waals surface area (Å²) >= 11 is 8.14. The van der Waals surface area contributed by atoms with E-state index in [0.29, 0.717) is 14.7 Å². The second kappa shape index (κ2) is 9.28. The van der Waals surface area contributed by atoms with Gasteiger partial charge in [0, 0.05) is 5.25 Å². The monoisotopic (exact) mass is 502 g/mol. The van der Waals surface area contributed by atoms with Gasteiger partial charge in [-0.15, -0.1) is 10.2 Å². The molecule has 0 radical (unpaired) electrons. The molecule has 1 N–H and O–H groups in total. The van der Waals surface area contributed by atoms with Crippen LogP contribution in [0.3, 0.4) is 0 Å². The van der Waals surface area contributed by atoms with E-state index in [4.69, 9.17) is 11.6 Å². The van der Waals surface area contributed by atoms with Crippen molar-refractivity contribution in [3.63, 3.8) is 0 Å². The largest absolute Gasteiger partial charge is 0.417 e. The fourth-order valence-electron chi connectivity index (χ4n) is 2.40. The van der Waals surface area contributed by atoms with Crippen molar-refractivity contribution in [2.45, 2.75) is 42.6 Å². The van der Waals surface area contributed by atoms with Crippen LogP contribution in [0.2, 0.25) is 5.02 Å². The van der Waals surface area contributed by atoms with E-state index < -0.39 is 38.7 Å². The molecule has 1 aromatic carbocycles. The molecule has 0 fully saturated rings. The Bertz CT molecular complexity index is 1030. The van der Waals surface area contributed by atoms with E-state index in [1.165, 1.54) is 18.7 Å². The molecule has 0 aliphatic rings. The summed E-state index contributed by atoms with van der Waals surface area (Å²) in [6.07, 6.45) is -4.00. The summed E-state index contributed by atoms with van der Waals surface area (Å²) in [5.41, 5.74) is -1.55. The van der Waals surface area contributed by atoms with Crippen LogP contribution in [0.5, 0.6) is 0 Å². The molecule has 1 atom stereocenters. The Balaban J connectivity index is 2.34. The molecule has 0 bridgehead atoms. The first-order chi connectivity index (χ1) is 13.7. The van der Waals surface area contributed by atoms with E-state index in [-0.39, 0.29) is 16.1 Å². The summed E-state index contributed by atoms with van der Waals surface area (Å²) in [6, 6.07) is 1.26. The van der Waals surface area contributed by atoms with Gasteiger partial charge in [-0.25, -0.2) is 8.42 Å².